The Labute approximate surface area is 157 Å². The van der Waals surface area contributed by atoms with Gasteiger partial charge in [0.25, 0.3) is 0 Å². The molecule has 0 spiro atoms. The van der Waals surface area contributed by atoms with E-state index in [1.54, 1.807) is 24.2 Å². The third-order valence-electron chi connectivity index (χ3n) is 4.53. The Kier molecular flexibility index (Phi) is 5.32. The van der Waals surface area contributed by atoms with Gasteiger partial charge in [-0.05, 0) is 31.4 Å². The molecule has 134 valence electrons. The zero-order valence-electron chi connectivity index (χ0n) is 14.8. The van der Waals surface area contributed by atoms with Crippen molar-refractivity contribution in [3.63, 3.8) is 0 Å². The monoisotopic (exact) mass is 366 g/mol. The molecule has 0 bridgehead atoms. The van der Waals surface area contributed by atoms with E-state index in [1.807, 2.05) is 18.3 Å². The summed E-state index contributed by atoms with van der Waals surface area (Å²) in [5, 5.41) is 1.12. The van der Waals surface area contributed by atoms with E-state index in [2.05, 4.69) is 45.7 Å². The second kappa shape index (κ2) is 8.01. The Bertz CT molecular complexity index is 832. The molecular weight excluding hydrogens is 344 g/mol. The molecule has 2 atom stereocenters. The van der Waals surface area contributed by atoms with Crippen LogP contribution in [0.4, 0.5) is 0 Å². The maximum absolute atomic E-state index is 5.88. The first-order valence-corrected chi connectivity index (χ1v) is 9.85. The molecule has 3 heterocycles. The molecule has 2 aromatic heterocycles. The van der Waals surface area contributed by atoms with E-state index in [0.29, 0.717) is 0 Å². The van der Waals surface area contributed by atoms with Crippen molar-refractivity contribution in [2.45, 2.75) is 42.8 Å². The molecular formula is C20H22N4OS. The molecule has 26 heavy (non-hydrogen) atoms. The maximum atomic E-state index is 5.88. The van der Waals surface area contributed by atoms with E-state index >= 15 is 0 Å². The van der Waals surface area contributed by atoms with Crippen molar-refractivity contribution in [1.82, 2.24) is 19.5 Å². The van der Waals surface area contributed by atoms with Gasteiger partial charge in [-0.1, -0.05) is 42.1 Å². The summed E-state index contributed by atoms with van der Waals surface area (Å²) in [6.45, 7) is 3.80. The van der Waals surface area contributed by atoms with E-state index in [4.69, 9.17) is 9.72 Å². The van der Waals surface area contributed by atoms with Gasteiger partial charge in [0, 0.05) is 19.0 Å². The van der Waals surface area contributed by atoms with Crippen LogP contribution in [0.15, 0.2) is 60.1 Å². The Hall–Kier alpha value is -2.18. The minimum Gasteiger partial charge on any atom is -0.376 e. The highest BCUT2D eigenvalue weighted by molar-refractivity contribution is 7.99. The maximum Gasteiger partial charge on any atom is 0.169 e. The molecule has 1 aromatic carbocycles. The summed E-state index contributed by atoms with van der Waals surface area (Å²) >= 11 is 1.69. The molecule has 1 aliphatic heterocycles. The lowest BCUT2D eigenvalue weighted by molar-refractivity contribution is 0.0953. The highest BCUT2D eigenvalue weighted by atomic mass is 32.2. The molecule has 0 N–H and O–H groups in total. The Balaban J connectivity index is 1.64. The second-order valence-electron chi connectivity index (χ2n) is 6.40. The molecule has 0 saturated carbocycles. The van der Waals surface area contributed by atoms with E-state index in [1.165, 1.54) is 5.56 Å². The zero-order chi connectivity index (χ0) is 17.8. The number of thioether (sulfide) groups is 1. The predicted octanol–water partition coefficient (Wildman–Crippen LogP) is 4.37. The van der Waals surface area contributed by atoms with Crippen molar-refractivity contribution in [3.05, 3.63) is 60.8 Å². The minimum atomic E-state index is 0.130. The van der Waals surface area contributed by atoms with E-state index in [0.717, 1.165) is 42.7 Å². The van der Waals surface area contributed by atoms with E-state index < -0.39 is 0 Å². The van der Waals surface area contributed by atoms with Crippen LogP contribution in [0, 0.1) is 0 Å². The molecule has 0 radical (unpaired) electrons. The fraction of sp³-hybridized carbons (Fsp3) is 0.350. The summed E-state index contributed by atoms with van der Waals surface area (Å²) < 4.78 is 8.17. The fourth-order valence-electron chi connectivity index (χ4n) is 3.19. The molecule has 3 aromatic rings. The first kappa shape index (κ1) is 17.2. The number of rotatable bonds is 6. The van der Waals surface area contributed by atoms with Gasteiger partial charge in [0.15, 0.2) is 5.16 Å². The molecule has 1 fully saturated rings. The van der Waals surface area contributed by atoms with Crippen LogP contribution < -0.4 is 0 Å². The van der Waals surface area contributed by atoms with Crippen LogP contribution in [0.2, 0.25) is 0 Å². The van der Waals surface area contributed by atoms with Crippen LogP contribution in [-0.2, 0) is 11.3 Å². The normalized spacial score (nSPS) is 18.1. The van der Waals surface area contributed by atoms with Gasteiger partial charge in [0.05, 0.1) is 29.8 Å². The van der Waals surface area contributed by atoms with Crippen molar-refractivity contribution >= 4 is 11.8 Å². The molecule has 6 heteroatoms. The second-order valence-corrected chi connectivity index (χ2v) is 7.71. The lowest BCUT2D eigenvalue weighted by Crippen LogP contribution is -2.16. The predicted molar refractivity (Wildman–Crippen MR) is 103 cm³/mol. The number of benzene rings is 1. The van der Waals surface area contributed by atoms with Gasteiger partial charge in [-0.25, -0.2) is 15.0 Å². The summed E-state index contributed by atoms with van der Waals surface area (Å²) in [4.78, 5) is 13.5. The van der Waals surface area contributed by atoms with Gasteiger partial charge in [0.2, 0.25) is 0 Å². The van der Waals surface area contributed by atoms with Gasteiger partial charge in [-0.15, -0.1) is 0 Å². The minimum absolute atomic E-state index is 0.130. The molecule has 2 unspecified atom stereocenters. The molecule has 1 saturated heterocycles. The number of aromatic nitrogens is 4. The average molecular weight is 366 g/mol. The van der Waals surface area contributed by atoms with Crippen molar-refractivity contribution < 1.29 is 4.74 Å². The highest BCUT2D eigenvalue weighted by Gasteiger charge is 2.22. The van der Waals surface area contributed by atoms with Gasteiger partial charge in [0.1, 0.15) is 5.82 Å². The largest absolute Gasteiger partial charge is 0.376 e. The number of nitrogens with zero attached hydrogens (tertiary/aromatic N) is 4. The SMILES string of the molecule is CC(Sc1ncc(-c2ccccc2)n1CC1CCCO1)c1ncccn1. The van der Waals surface area contributed by atoms with Crippen LogP contribution in [0.3, 0.4) is 0 Å². The summed E-state index contributed by atoms with van der Waals surface area (Å²) in [7, 11) is 0. The molecule has 0 amide bonds. The third kappa shape index (κ3) is 3.81. The van der Waals surface area contributed by atoms with Crippen molar-refractivity contribution in [2.24, 2.45) is 0 Å². The van der Waals surface area contributed by atoms with E-state index in [-0.39, 0.29) is 11.4 Å². The Morgan fingerprint density at radius 1 is 1.15 bits per heavy atom. The van der Waals surface area contributed by atoms with Crippen LogP contribution in [-0.4, -0.2) is 32.2 Å². The van der Waals surface area contributed by atoms with Gasteiger partial charge in [-0.3, -0.25) is 0 Å². The number of imidazole rings is 1. The summed E-state index contributed by atoms with van der Waals surface area (Å²) in [6, 6.07) is 12.3. The summed E-state index contributed by atoms with van der Waals surface area (Å²) in [5.41, 5.74) is 2.30. The van der Waals surface area contributed by atoms with Gasteiger partial charge >= 0.3 is 0 Å². The Morgan fingerprint density at radius 3 is 2.69 bits per heavy atom. The molecule has 0 aliphatic carbocycles. The summed E-state index contributed by atoms with van der Waals surface area (Å²) in [5.74, 6) is 0.824. The fourth-order valence-corrected chi connectivity index (χ4v) is 4.15. The van der Waals surface area contributed by atoms with E-state index in [9.17, 15) is 0 Å². The molecule has 5 nitrogen and oxygen atoms in total. The van der Waals surface area contributed by atoms with Gasteiger partial charge in [-0.2, -0.15) is 0 Å². The third-order valence-corrected chi connectivity index (χ3v) is 5.63. The van der Waals surface area contributed by atoms with Crippen molar-refractivity contribution in [1.29, 1.82) is 0 Å². The van der Waals surface area contributed by atoms with Gasteiger partial charge < -0.3 is 9.30 Å². The quantitative estimate of drug-likeness (QED) is 0.606. The number of hydrogen-bond donors (Lipinski definition) is 0. The topological polar surface area (TPSA) is 52.8 Å². The highest BCUT2D eigenvalue weighted by Crippen LogP contribution is 2.35. The lowest BCUT2D eigenvalue weighted by atomic mass is 10.1. The molecule has 1 aliphatic rings. The molecule has 4 rings (SSSR count). The zero-order valence-corrected chi connectivity index (χ0v) is 15.6. The first-order chi connectivity index (χ1) is 12.8. The van der Waals surface area contributed by atoms with Crippen molar-refractivity contribution in [2.75, 3.05) is 6.61 Å². The smallest absolute Gasteiger partial charge is 0.169 e. The first-order valence-electron chi connectivity index (χ1n) is 8.97. The van der Waals surface area contributed by atoms with Crippen LogP contribution >= 0.6 is 11.8 Å². The lowest BCUT2D eigenvalue weighted by Gasteiger charge is -2.17. The number of ether oxygens (including phenoxy) is 1. The summed E-state index contributed by atoms with van der Waals surface area (Å²) in [6.07, 6.45) is 8.03. The average Bonchev–Trinajstić information content (AvgIpc) is 3.34. The standard InChI is InChI=1S/C20H22N4OS/c1-15(19-21-10-6-11-22-19)26-20-23-13-18(16-7-3-2-4-8-16)24(20)14-17-9-5-12-25-17/h2-4,6-8,10-11,13,15,17H,5,9,12,14H2,1H3. The van der Waals surface area contributed by atoms with Crippen molar-refractivity contribution in [3.8, 4) is 11.3 Å². The van der Waals surface area contributed by atoms with Crippen LogP contribution in [0.25, 0.3) is 11.3 Å². The van der Waals surface area contributed by atoms with Crippen LogP contribution in [0.1, 0.15) is 30.8 Å². The van der Waals surface area contributed by atoms with Crippen LogP contribution in [0.5, 0.6) is 0 Å². The number of hydrogen-bond acceptors (Lipinski definition) is 5. The Morgan fingerprint density at radius 2 is 1.96 bits per heavy atom.